The van der Waals surface area contributed by atoms with Gasteiger partial charge in [-0.2, -0.15) is 0 Å². The van der Waals surface area contributed by atoms with Crippen molar-refractivity contribution >= 4 is 27.8 Å². The van der Waals surface area contributed by atoms with Gasteiger partial charge < -0.3 is 23.8 Å². The van der Waals surface area contributed by atoms with Gasteiger partial charge in [-0.3, -0.25) is 4.79 Å². The Morgan fingerprint density at radius 1 is 0.964 bits per heavy atom. The molecule has 0 aliphatic carbocycles. The van der Waals surface area contributed by atoms with Crippen LogP contribution in [0.1, 0.15) is 15.9 Å². The molecule has 0 spiro atoms. The zero-order chi connectivity index (χ0) is 20.7. The standard InChI is InChI=1S/C20H22BrNO6/c1-22(11-13-7-5-6-8-15(13)21)19(23)12-28-20(24)14-9-17(26-3)18(27-4)10-16(14)25-2/h5-10H,11-12H2,1-4H3. The predicted octanol–water partition coefficient (Wildman–Crippen LogP) is 3.29. The lowest BCUT2D eigenvalue weighted by molar-refractivity contribution is -0.133. The van der Waals surface area contributed by atoms with E-state index in [2.05, 4.69) is 15.9 Å². The summed E-state index contributed by atoms with van der Waals surface area (Å²) < 4.78 is 21.7. The summed E-state index contributed by atoms with van der Waals surface area (Å²) in [6.45, 7) is -0.00519. The van der Waals surface area contributed by atoms with Crippen LogP contribution in [0.3, 0.4) is 0 Å². The zero-order valence-electron chi connectivity index (χ0n) is 16.2. The fourth-order valence-corrected chi connectivity index (χ4v) is 2.88. The maximum Gasteiger partial charge on any atom is 0.342 e. The first-order valence-corrected chi connectivity index (χ1v) is 9.15. The molecular formula is C20H22BrNO6. The van der Waals surface area contributed by atoms with Crippen LogP contribution >= 0.6 is 15.9 Å². The Morgan fingerprint density at radius 2 is 1.57 bits per heavy atom. The third-order valence-electron chi connectivity index (χ3n) is 4.04. The molecule has 0 unspecified atom stereocenters. The molecule has 7 nitrogen and oxygen atoms in total. The number of carbonyl (C=O) groups is 2. The van der Waals surface area contributed by atoms with Crippen LogP contribution < -0.4 is 14.2 Å². The van der Waals surface area contributed by atoms with Crippen LogP contribution in [0.15, 0.2) is 40.9 Å². The van der Waals surface area contributed by atoms with Crippen molar-refractivity contribution in [1.82, 2.24) is 4.90 Å². The van der Waals surface area contributed by atoms with Crippen molar-refractivity contribution in [2.45, 2.75) is 6.54 Å². The Kier molecular flexibility index (Phi) is 7.69. The Bertz CT molecular complexity index is 855. The van der Waals surface area contributed by atoms with Crippen LogP contribution in [0.2, 0.25) is 0 Å². The number of esters is 1. The zero-order valence-corrected chi connectivity index (χ0v) is 17.7. The Hall–Kier alpha value is -2.74. The topological polar surface area (TPSA) is 74.3 Å². The van der Waals surface area contributed by atoms with Gasteiger partial charge in [-0.1, -0.05) is 34.1 Å². The molecule has 0 atom stereocenters. The van der Waals surface area contributed by atoms with Crippen LogP contribution in [0.4, 0.5) is 0 Å². The molecule has 2 rings (SSSR count). The highest BCUT2D eigenvalue weighted by atomic mass is 79.9. The van der Waals surface area contributed by atoms with E-state index in [1.165, 1.54) is 38.4 Å². The van der Waals surface area contributed by atoms with Gasteiger partial charge in [-0.25, -0.2) is 4.79 Å². The second-order valence-electron chi connectivity index (χ2n) is 5.82. The van der Waals surface area contributed by atoms with E-state index in [0.29, 0.717) is 18.0 Å². The molecule has 0 bridgehead atoms. The second kappa shape index (κ2) is 9.98. The van der Waals surface area contributed by atoms with Crippen LogP contribution in [0, 0.1) is 0 Å². The second-order valence-corrected chi connectivity index (χ2v) is 6.68. The third-order valence-corrected chi connectivity index (χ3v) is 4.82. The third kappa shape index (κ3) is 5.16. The molecule has 0 aliphatic rings. The van der Waals surface area contributed by atoms with Crippen LogP contribution in [0.25, 0.3) is 0 Å². The molecule has 0 radical (unpaired) electrons. The van der Waals surface area contributed by atoms with Gasteiger partial charge >= 0.3 is 5.97 Å². The van der Waals surface area contributed by atoms with Crippen molar-refractivity contribution in [2.75, 3.05) is 35.0 Å². The molecule has 150 valence electrons. The molecule has 28 heavy (non-hydrogen) atoms. The molecule has 2 aromatic carbocycles. The van der Waals surface area contributed by atoms with Crippen molar-refractivity contribution in [1.29, 1.82) is 0 Å². The minimum Gasteiger partial charge on any atom is -0.496 e. The number of benzene rings is 2. The number of hydrogen-bond acceptors (Lipinski definition) is 6. The first-order valence-electron chi connectivity index (χ1n) is 8.35. The van der Waals surface area contributed by atoms with E-state index in [1.807, 2.05) is 24.3 Å². The summed E-state index contributed by atoms with van der Waals surface area (Å²) >= 11 is 3.45. The highest BCUT2D eigenvalue weighted by Crippen LogP contribution is 2.34. The summed E-state index contributed by atoms with van der Waals surface area (Å²) in [4.78, 5) is 26.3. The Labute approximate surface area is 172 Å². The van der Waals surface area contributed by atoms with Gasteiger partial charge in [-0.15, -0.1) is 0 Å². The molecule has 1 amide bonds. The first kappa shape index (κ1) is 21.6. The number of methoxy groups -OCH3 is 3. The maximum absolute atomic E-state index is 12.5. The first-order chi connectivity index (χ1) is 13.4. The average Bonchev–Trinajstić information content (AvgIpc) is 2.72. The lowest BCUT2D eigenvalue weighted by Crippen LogP contribution is -2.31. The molecule has 0 saturated heterocycles. The molecule has 0 aromatic heterocycles. The largest absolute Gasteiger partial charge is 0.496 e. The minimum atomic E-state index is -0.694. The normalized spacial score (nSPS) is 10.2. The SMILES string of the molecule is COc1cc(OC)c(C(=O)OCC(=O)N(C)Cc2ccccc2Br)cc1OC. The van der Waals surface area contributed by atoms with Crippen LogP contribution in [-0.2, 0) is 16.1 Å². The van der Waals surface area contributed by atoms with E-state index in [9.17, 15) is 9.59 Å². The lowest BCUT2D eigenvalue weighted by Gasteiger charge is -2.18. The van der Waals surface area contributed by atoms with Gasteiger partial charge in [0.2, 0.25) is 0 Å². The molecule has 2 aromatic rings. The highest BCUT2D eigenvalue weighted by molar-refractivity contribution is 9.10. The van der Waals surface area contributed by atoms with Gasteiger partial charge in [0, 0.05) is 30.2 Å². The number of rotatable bonds is 8. The average molecular weight is 452 g/mol. The smallest absolute Gasteiger partial charge is 0.342 e. The molecule has 0 fully saturated rings. The summed E-state index contributed by atoms with van der Waals surface area (Å²) in [5, 5.41) is 0. The Morgan fingerprint density at radius 3 is 2.18 bits per heavy atom. The number of hydrogen-bond donors (Lipinski definition) is 0. The van der Waals surface area contributed by atoms with E-state index < -0.39 is 12.6 Å². The number of amides is 1. The van der Waals surface area contributed by atoms with Crippen LogP contribution in [0.5, 0.6) is 17.2 Å². The van der Waals surface area contributed by atoms with E-state index >= 15 is 0 Å². The highest BCUT2D eigenvalue weighted by Gasteiger charge is 2.21. The molecule has 0 saturated carbocycles. The predicted molar refractivity (Wildman–Crippen MR) is 107 cm³/mol. The van der Waals surface area contributed by atoms with Crippen molar-refractivity contribution in [2.24, 2.45) is 0 Å². The number of carbonyl (C=O) groups excluding carboxylic acids is 2. The van der Waals surface area contributed by atoms with Crippen LogP contribution in [-0.4, -0.2) is 51.8 Å². The lowest BCUT2D eigenvalue weighted by atomic mass is 10.1. The fraction of sp³-hybridized carbons (Fsp3) is 0.300. The van der Waals surface area contributed by atoms with E-state index in [4.69, 9.17) is 18.9 Å². The summed E-state index contributed by atoms with van der Waals surface area (Å²) in [6.07, 6.45) is 0. The van der Waals surface area contributed by atoms with Crippen molar-refractivity contribution in [3.05, 3.63) is 52.0 Å². The number of nitrogens with zero attached hydrogens (tertiary/aromatic N) is 1. The van der Waals surface area contributed by atoms with E-state index in [1.54, 1.807) is 7.05 Å². The van der Waals surface area contributed by atoms with E-state index in [0.717, 1.165) is 10.0 Å². The Balaban J connectivity index is 2.05. The van der Waals surface area contributed by atoms with Crippen molar-refractivity contribution in [3.63, 3.8) is 0 Å². The number of ether oxygens (including phenoxy) is 4. The summed E-state index contributed by atoms with van der Waals surface area (Å²) in [7, 11) is 6.01. The summed E-state index contributed by atoms with van der Waals surface area (Å²) in [5.74, 6) is 0.00781. The fourth-order valence-electron chi connectivity index (χ4n) is 2.47. The van der Waals surface area contributed by atoms with Crippen molar-refractivity contribution in [3.8, 4) is 17.2 Å². The summed E-state index contributed by atoms with van der Waals surface area (Å²) in [6, 6.07) is 10.6. The van der Waals surface area contributed by atoms with Gasteiger partial charge in [0.05, 0.1) is 21.3 Å². The maximum atomic E-state index is 12.5. The quantitative estimate of drug-likeness (QED) is 0.573. The number of likely N-dealkylation sites (N-methyl/N-ethyl adjacent to an activating group) is 1. The van der Waals surface area contributed by atoms with Gasteiger partial charge in [-0.05, 0) is 11.6 Å². The van der Waals surface area contributed by atoms with Gasteiger partial charge in [0.1, 0.15) is 11.3 Å². The summed E-state index contributed by atoms with van der Waals surface area (Å²) in [5.41, 5.74) is 1.09. The monoisotopic (exact) mass is 451 g/mol. The molecule has 0 aliphatic heterocycles. The van der Waals surface area contributed by atoms with Crippen molar-refractivity contribution < 1.29 is 28.5 Å². The van der Waals surface area contributed by atoms with Gasteiger partial charge in [0.15, 0.2) is 18.1 Å². The minimum absolute atomic E-state index is 0.140. The number of halogens is 1. The molecular weight excluding hydrogens is 430 g/mol. The molecule has 8 heteroatoms. The molecule has 0 N–H and O–H groups in total. The van der Waals surface area contributed by atoms with Gasteiger partial charge in [0.25, 0.3) is 5.91 Å². The molecule has 0 heterocycles. The van der Waals surface area contributed by atoms with E-state index in [-0.39, 0.29) is 17.2 Å².